The van der Waals surface area contributed by atoms with Gasteiger partial charge in [0.05, 0.1) is 5.91 Å². The zero-order valence-electron chi connectivity index (χ0n) is 11.7. The summed E-state index contributed by atoms with van der Waals surface area (Å²) < 4.78 is 36.8. The molecule has 0 aliphatic rings. The summed E-state index contributed by atoms with van der Waals surface area (Å²) in [5, 5.41) is 3.69. The molecule has 1 aromatic carbocycles. The SMILES string of the molecule is CC(C)(C)C(=O)[N-]c1[c-]cc(C(F)(F)F)cc1.[Li+].[Li+]. The third kappa shape index (κ3) is 6.59. The molecule has 1 aromatic rings. The van der Waals surface area contributed by atoms with Gasteiger partial charge in [-0.05, 0) is 0 Å². The topological polar surface area (TPSA) is 31.2 Å². The molecule has 2 nitrogen and oxygen atoms in total. The van der Waals surface area contributed by atoms with Crippen LogP contribution < -0.4 is 37.7 Å². The predicted molar refractivity (Wildman–Crippen MR) is 57.8 cm³/mol. The molecule has 0 bridgehead atoms. The molecule has 19 heavy (non-hydrogen) atoms. The molecule has 0 atom stereocenters. The second-order valence-electron chi connectivity index (χ2n) is 4.63. The molecule has 1 amide bonds. The van der Waals surface area contributed by atoms with Gasteiger partial charge >= 0.3 is 43.9 Å². The van der Waals surface area contributed by atoms with Crippen LogP contribution in [0.2, 0.25) is 0 Å². The molecule has 0 aromatic heterocycles. The minimum atomic E-state index is -4.40. The first-order valence-corrected chi connectivity index (χ1v) is 4.96. The monoisotopic (exact) mass is 257 g/mol. The second-order valence-corrected chi connectivity index (χ2v) is 4.63. The van der Waals surface area contributed by atoms with Crippen molar-refractivity contribution < 1.29 is 55.7 Å². The molecule has 0 spiro atoms. The summed E-state index contributed by atoms with van der Waals surface area (Å²) in [5.74, 6) is -0.395. The van der Waals surface area contributed by atoms with E-state index in [2.05, 4.69) is 11.4 Å². The average molecular weight is 257 g/mol. The molecule has 0 radical (unpaired) electrons. The summed E-state index contributed by atoms with van der Waals surface area (Å²) in [6, 6.07) is 5.14. The number of benzene rings is 1. The molecule has 0 aliphatic heterocycles. The van der Waals surface area contributed by atoms with Crippen LogP contribution in [-0.2, 0) is 11.0 Å². The maximum Gasteiger partial charge on any atom is 1.00 e. The molecule has 0 saturated carbocycles. The largest absolute Gasteiger partial charge is 1.00 e. The first-order chi connectivity index (χ1) is 7.60. The Balaban J connectivity index is 0. The molecule has 0 fully saturated rings. The van der Waals surface area contributed by atoms with Crippen molar-refractivity contribution >= 4 is 11.6 Å². The van der Waals surface area contributed by atoms with Crippen LogP contribution in [-0.4, -0.2) is 5.91 Å². The predicted octanol–water partition coefficient (Wildman–Crippen LogP) is -1.91. The van der Waals surface area contributed by atoms with Crippen LogP contribution in [0.5, 0.6) is 0 Å². The fourth-order valence-corrected chi connectivity index (χ4v) is 0.940. The maximum atomic E-state index is 12.3. The van der Waals surface area contributed by atoms with E-state index in [0.717, 1.165) is 18.2 Å². The van der Waals surface area contributed by atoms with Crippen molar-refractivity contribution in [2.75, 3.05) is 0 Å². The van der Waals surface area contributed by atoms with Gasteiger partial charge in [0.2, 0.25) is 0 Å². The quantitative estimate of drug-likeness (QED) is 0.427. The van der Waals surface area contributed by atoms with E-state index in [1.165, 1.54) is 0 Å². The Kier molecular flexibility index (Phi) is 8.23. The third-order valence-electron chi connectivity index (χ3n) is 1.99. The van der Waals surface area contributed by atoms with Gasteiger partial charge in [-0.3, -0.25) is 5.69 Å². The normalized spacial score (nSPS) is 11.1. The van der Waals surface area contributed by atoms with Crippen molar-refractivity contribution in [2.45, 2.75) is 26.9 Å². The zero-order valence-corrected chi connectivity index (χ0v) is 11.7. The molecule has 0 heterocycles. The molecule has 0 unspecified atom stereocenters. The van der Waals surface area contributed by atoms with E-state index in [4.69, 9.17) is 0 Å². The van der Waals surface area contributed by atoms with Crippen LogP contribution in [0.3, 0.4) is 0 Å². The van der Waals surface area contributed by atoms with Crippen LogP contribution in [0.15, 0.2) is 18.2 Å². The summed E-state index contributed by atoms with van der Waals surface area (Å²) in [4.78, 5) is 11.5. The fraction of sp³-hybridized carbons (Fsp3) is 0.417. The fourth-order valence-electron chi connectivity index (χ4n) is 0.940. The van der Waals surface area contributed by atoms with Crippen LogP contribution in [0.25, 0.3) is 5.32 Å². The Labute approximate surface area is 134 Å². The number of hydrogen-bond donors (Lipinski definition) is 0. The van der Waals surface area contributed by atoms with E-state index in [-0.39, 0.29) is 43.4 Å². The molecule has 0 aliphatic carbocycles. The summed E-state index contributed by atoms with van der Waals surface area (Å²) in [7, 11) is 0. The second kappa shape index (κ2) is 7.46. The number of halogens is 3. The smallest absolute Gasteiger partial charge is 0.648 e. The Morgan fingerprint density at radius 2 is 1.68 bits per heavy atom. The molecular weight excluding hydrogens is 245 g/mol. The van der Waals surface area contributed by atoms with E-state index in [1.54, 1.807) is 20.8 Å². The van der Waals surface area contributed by atoms with Crippen LogP contribution >= 0.6 is 0 Å². The summed E-state index contributed by atoms with van der Waals surface area (Å²) in [6.07, 6.45) is -4.40. The number of hydrogen-bond acceptors (Lipinski definition) is 1. The summed E-state index contributed by atoms with van der Waals surface area (Å²) in [5.41, 5.74) is -1.35. The van der Waals surface area contributed by atoms with E-state index < -0.39 is 23.1 Å². The van der Waals surface area contributed by atoms with Gasteiger partial charge < -0.3 is 10.1 Å². The molecule has 0 saturated heterocycles. The number of carbonyl (C=O) groups excluding carboxylic acids is 1. The Morgan fingerprint density at radius 1 is 1.16 bits per heavy atom. The van der Waals surface area contributed by atoms with Crippen LogP contribution in [0.4, 0.5) is 18.9 Å². The molecular formula is C12H12F3Li2NO. The van der Waals surface area contributed by atoms with Crippen molar-refractivity contribution in [1.82, 2.24) is 0 Å². The number of carbonyl (C=O) groups is 1. The minimum absolute atomic E-state index is 0. The van der Waals surface area contributed by atoms with Gasteiger partial charge in [0.1, 0.15) is 0 Å². The number of alkyl halides is 3. The van der Waals surface area contributed by atoms with Gasteiger partial charge in [-0.15, -0.1) is 0 Å². The summed E-state index contributed by atoms with van der Waals surface area (Å²) >= 11 is 0. The van der Waals surface area contributed by atoms with Crippen molar-refractivity contribution in [1.29, 1.82) is 0 Å². The Bertz CT molecular complexity index is 410. The molecule has 94 valence electrons. The van der Waals surface area contributed by atoms with Crippen LogP contribution in [0, 0.1) is 11.5 Å². The molecule has 1 rings (SSSR count). The molecule has 7 heteroatoms. The Hall–Kier alpha value is -0.325. The third-order valence-corrected chi connectivity index (χ3v) is 1.99. The number of amides is 1. The molecule has 0 N–H and O–H groups in total. The van der Waals surface area contributed by atoms with E-state index in [1.807, 2.05) is 0 Å². The average Bonchev–Trinajstić information content (AvgIpc) is 2.15. The van der Waals surface area contributed by atoms with Gasteiger partial charge in [0.25, 0.3) is 0 Å². The van der Waals surface area contributed by atoms with Crippen LogP contribution in [0.1, 0.15) is 26.3 Å². The first kappa shape index (κ1) is 21.0. The van der Waals surface area contributed by atoms with Gasteiger partial charge in [-0.2, -0.15) is 37.4 Å². The zero-order chi connectivity index (χ0) is 13.3. The van der Waals surface area contributed by atoms with Gasteiger partial charge in [0, 0.05) is 5.41 Å². The summed E-state index contributed by atoms with van der Waals surface area (Å²) in [6.45, 7) is 5.05. The number of rotatable bonds is 1. The van der Waals surface area contributed by atoms with Crippen molar-refractivity contribution in [2.24, 2.45) is 5.41 Å². The number of nitrogens with zero attached hydrogens (tertiary/aromatic N) is 1. The standard InChI is InChI=1S/C12H13F3NO.2Li/c1-11(2,3)10(17)16-9-6-4-8(5-7-9)12(13,14)15;;/h4-6H,1-3H3,(H,16,17);;/q-1;2*+1/p-1. The maximum absolute atomic E-state index is 12.3. The van der Waals surface area contributed by atoms with Gasteiger partial charge in [-0.25, -0.2) is 0 Å². The Morgan fingerprint density at radius 3 is 2.00 bits per heavy atom. The van der Waals surface area contributed by atoms with E-state index in [9.17, 15) is 18.0 Å². The van der Waals surface area contributed by atoms with Gasteiger partial charge in [-0.1, -0.05) is 26.3 Å². The van der Waals surface area contributed by atoms with E-state index >= 15 is 0 Å². The van der Waals surface area contributed by atoms with Gasteiger partial charge in [0.15, 0.2) is 0 Å². The minimum Gasteiger partial charge on any atom is -0.648 e. The van der Waals surface area contributed by atoms with Crippen molar-refractivity contribution in [3.05, 3.63) is 35.1 Å². The van der Waals surface area contributed by atoms with Crippen molar-refractivity contribution in [3.8, 4) is 0 Å². The van der Waals surface area contributed by atoms with Crippen molar-refractivity contribution in [3.63, 3.8) is 0 Å². The first-order valence-electron chi connectivity index (χ1n) is 4.96. The van der Waals surface area contributed by atoms with E-state index in [0.29, 0.717) is 0 Å².